The van der Waals surface area contributed by atoms with Gasteiger partial charge in [-0.2, -0.15) is 13.2 Å². The quantitative estimate of drug-likeness (QED) is 0.519. The van der Waals surface area contributed by atoms with Crippen molar-refractivity contribution < 1.29 is 33.0 Å². The number of benzene rings is 2. The summed E-state index contributed by atoms with van der Waals surface area (Å²) in [6.45, 7) is 5.78. The first-order chi connectivity index (χ1) is 15.1. The third-order valence-corrected chi connectivity index (χ3v) is 4.51. The van der Waals surface area contributed by atoms with Gasteiger partial charge in [-0.25, -0.2) is 0 Å². The number of carboxylic acid groups (broad SMARTS) is 1. The average molecular weight is 476 g/mol. The first-order valence-electron chi connectivity index (χ1n) is 10.0. The van der Waals surface area contributed by atoms with E-state index in [1.54, 1.807) is 0 Å². The highest BCUT2D eigenvalue weighted by Crippen LogP contribution is 2.30. The SMILES string of the molecule is CCC(=O)N1CCCC1.CCc1ccc(Cl)cc1.O=CO.Oc1cccc(C(F)(F)F)c1. The number of phenolic OH excluding ortho intramolecular Hbond substituents is 1. The van der Waals surface area contributed by atoms with Crippen molar-refractivity contribution in [3.63, 3.8) is 0 Å². The molecule has 1 aliphatic heterocycles. The molecule has 5 nitrogen and oxygen atoms in total. The van der Waals surface area contributed by atoms with Crippen molar-refractivity contribution in [2.24, 2.45) is 0 Å². The minimum Gasteiger partial charge on any atom is -0.508 e. The number of phenols is 1. The van der Waals surface area contributed by atoms with Crippen molar-refractivity contribution in [2.45, 2.75) is 45.7 Å². The highest BCUT2D eigenvalue weighted by atomic mass is 35.5. The molecule has 2 aromatic carbocycles. The molecule has 0 bridgehead atoms. The zero-order chi connectivity index (χ0) is 24.6. The molecule has 0 atom stereocenters. The summed E-state index contributed by atoms with van der Waals surface area (Å²) < 4.78 is 35.6. The number of aromatic hydroxyl groups is 1. The van der Waals surface area contributed by atoms with Crippen LogP contribution in [0.5, 0.6) is 5.75 Å². The molecule has 0 spiro atoms. The van der Waals surface area contributed by atoms with E-state index in [0.717, 1.165) is 36.7 Å². The van der Waals surface area contributed by atoms with Gasteiger partial charge in [-0.15, -0.1) is 0 Å². The lowest BCUT2D eigenvalue weighted by atomic mass is 10.2. The van der Waals surface area contributed by atoms with E-state index in [0.29, 0.717) is 18.4 Å². The fourth-order valence-corrected chi connectivity index (χ4v) is 2.72. The predicted octanol–water partition coefficient (Wildman–Crippen LogP) is 6.03. The summed E-state index contributed by atoms with van der Waals surface area (Å²) in [6, 6.07) is 11.8. The number of halogens is 4. The molecule has 0 radical (unpaired) electrons. The molecular weight excluding hydrogens is 447 g/mol. The maximum Gasteiger partial charge on any atom is 0.416 e. The second-order valence-corrected chi connectivity index (χ2v) is 7.01. The zero-order valence-electron chi connectivity index (χ0n) is 18.1. The van der Waals surface area contributed by atoms with Gasteiger partial charge >= 0.3 is 6.18 Å². The van der Waals surface area contributed by atoms with Gasteiger partial charge in [0.2, 0.25) is 5.91 Å². The normalized spacial score (nSPS) is 12.2. The van der Waals surface area contributed by atoms with Crippen LogP contribution >= 0.6 is 11.6 Å². The number of alkyl halides is 3. The standard InChI is InChI=1S/C8H9Cl.C7H5F3O.C7H13NO.CH2O2/c1-2-7-3-5-8(9)6-4-7;8-7(9,10)5-2-1-3-6(11)4-5;1-2-7(9)8-5-3-4-6-8;2-1-3/h3-6H,2H2,1H3;1-4,11H;2-6H2,1H3;1H,(H,2,3). The molecule has 0 aliphatic carbocycles. The van der Waals surface area contributed by atoms with Gasteiger partial charge in [-0.1, -0.05) is 43.6 Å². The Bertz CT molecular complexity index is 793. The van der Waals surface area contributed by atoms with Crippen LogP contribution in [0, 0.1) is 0 Å². The summed E-state index contributed by atoms with van der Waals surface area (Å²) in [5.74, 6) is -0.0627. The summed E-state index contributed by atoms with van der Waals surface area (Å²) in [5, 5.41) is 16.4. The Kier molecular flexibility index (Phi) is 14.6. The monoisotopic (exact) mass is 475 g/mol. The number of aryl methyl sites for hydroxylation is 1. The maximum absolute atomic E-state index is 11.9. The molecule has 3 rings (SSSR count). The van der Waals surface area contributed by atoms with E-state index in [-0.39, 0.29) is 12.2 Å². The minimum atomic E-state index is -4.38. The van der Waals surface area contributed by atoms with Gasteiger partial charge in [-0.05, 0) is 55.2 Å². The van der Waals surface area contributed by atoms with Gasteiger partial charge in [0.05, 0.1) is 5.56 Å². The van der Waals surface area contributed by atoms with E-state index in [4.69, 9.17) is 26.6 Å². The first kappa shape index (κ1) is 29.3. The second kappa shape index (κ2) is 16.0. The molecule has 178 valence electrons. The third-order valence-electron chi connectivity index (χ3n) is 4.26. The Hall–Kier alpha value is -2.74. The minimum absolute atomic E-state index is 0.250. The van der Waals surface area contributed by atoms with Gasteiger partial charge in [0.1, 0.15) is 5.75 Å². The van der Waals surface area contributed by atoms with Crippen molar-refractivity contribution in [2.75, 3.05) is 13.1 Å². The fourth-order valence-electron chi connectivity index (χ4n) is 2.59. The van der Waals surface area contributed by atoms with Crippen molar-refractivity contribution in [3.05, 3.63) is 64.7 Å². The van der Waals surface area contributed by atoms with E-state index in [1.807, 2.05) is 36.1 Å². The van der Waals surface area contributed by atoms with Crippen molar-refractivity contribution in [3.8, 4) is 5.75 Å². The van der Waals surface area contributed by atoms with Crippen molar-refractivity contribution in [1.82, 2.24) is 4.90 Å². The lowest BCUT2D eigenvalue weighted by Crippen LogP contribution is -2.26. The highest BCUT2D eigenvalue weighted by molar-refractivity contribution is 6.30. The smallest absolute Gasteiger partial charge is 0.416 e. The fraction of sp³-hybridized carbons (Fsp3) is 0.391. The van der Waals surface area contributed by atoms with Crippen LogP contribution in [0.15, 0.2) is 48.5 Å². The average Bonchev–Trinajstić information content (AvgIpc) is 3.30. The third kappa shape index (κ3) is 12.8. The number of likely N-dealkylation sites (tertiary alicyclic amines) is 1. The second-order valence-electron chi connectivity index (χ2n) is 6.57. The zero-order valence-corrected chi connectivity index (χ0v) is 18.9. The molecule has 0 aromatic heterocycles. The molecule has 1 fully saturated rings. The van der Waals surface area contributed by atoms with Crippen LogP contribution in [0.25, 0.3) is 0 Å². The number of hydrogen-bond acceptors (Lipinski definition) is 3. The molecular formula is C23H29ClF3NO4. The van der Waals surface area contributed by atoms with Crippen molar-refractivity contribution in [1.29, 1.82) is 0 Å². The van der Waals surface area contributed by atoms with E-state index >= 15 is 0 Å². The molecule has 32 heavy (non-hydrogen) atoms. The van der Waals surface area contributed by atoms with Crippen LogP contribution in [0.1, 0.15) is 44.2 Å². The molecule has 0 unspecified atom stereocenters. The molecule has 1 amide bonds. The molecule has 1 aliphatic rings. The Labute approximate surface area is 191 Å². The van der Waals surface area contributed by atoms with Crippen LogP contribution < -0.4 is 0 Å². The first-order valence-corrected chi connectivity index (χ1v) is 10.4. The van der Waals surface area contributed by atoms with E-state index in [2.05, 4.69) is 6.92 Å². The molecule has 9 heteroatoms. The van der Waals surface area contributed by atoms with Crippen LogP contribution in [-0.4, -0.2) is 40.6 Å². The van der Waals surface area contributed by atoms with Gasteiger partial charge in [0.15, 0.2) is 0 Å². The van der Waals surface area contributed by atoms with E-state index in [9.17, 15) is 18.0 Å². The Morgan fingerprint density at radius 3 is 2.00 bits per heavy atom. The number of amides is 1. The number of carbonyl (C=O) groups is 2. The van der Waals surface area contributed by atoms with Gasteiger partial charge in [-0.3, -0.25) is 9.59 Å². The summed E-state index contributed by atoms with van der Waals surface area (Å²) in [6.07, 6.45) is -0.229. The number of hydrogen-bond donors (Lipinski definition) is 2. The van der Waals surface area contributed by atoms with Crippen molar-refractivity contribution >= 4 is 24.0 Å². The van der Waals surface area contributed by atoms with E-state index < -0.39 is 11.7 Å². The molecule has 0 saturated carbocycles. The Morgan fingerprint density at radius 1 is 1.09 bits per heavy atom. The largest absolute Gasteiger partial charge is 0.508 e. The van der Waals surface area contributed by atoms with Gasteiger partial charge < -0.3 is 15.1 Å². The number of rotatable bonds is 2. The molecule has 1 heterocycles. The summed E-state index contributed by atoms with van der Waals surface area (Å²) in [4.78, 5) is 21.2. The molecule has 1 saturated heterocycles. The summed E-state index contributed by atoms with van der Waals surface area (Å²) in [7, 11) is 0. The van der Waals surface area contributed by atoms with Gasteiger partial charge in [0, 0.05) is 24.5 Å². The molecule has 2 N–H and O–H groups in total. The maximum atomic E-state index is 11.9. The topological polar surface area (TPSA) is 77.8 Å². The number of carbonyl (C=O) groups excluding carboxylic acids is 1. The lowest BCUT2D eigenvalue weighted by Gasteiger charge is -2.12. The summed E-state index contributed by atoms with van der Waals surface area (Å²) in [5.41, 5.74) is 0.497. The number of nitrogens with zero attached hydrogens (tertiary/aromatic N) is 1. The van der Waals surface area contributed by atoms with E-state index in [1.165, 1.54) is 24.5 Å². The Morgan fingerprint density at radius 2 is 1.62 bits per heavy atom. The van der Waals surface area contributed by atoms with Crippen LogP contribution in [0.4, 0.5) is 13.2 Å². The highest BCUT2D eigenvalue weighted by Gasteiger charge is 2.30. The predicted molar refractivity (Wildman–Crippen MR) is 119 cm³/mol. The molecule has 2 aromatic rings. The van der Waals surface area contributed by atoms with Crippen LogP contribution in [0.2, 0.25) is 5.02 Å². The van der Waals surface area contributed by atoms with Crippen LogP contribution in [-0.2, 0) is 22.2 Å². The van der Waals surface area contributed by atoms with Gasteiger partial charge in [0.25, 0.3) is 6.47 Å². The van der Waals surface area contributed by atoms with Crippen LogP contribution in [0.3, 0.4) is 0 Å². The Balaban J connectivity index is 0.000000426. The lowest BCUT2D eigenvalue weighted by molar-refractivity contribution is -0.137. The summed E-state index contributed by atoms with van der Waals surface area (Å²) >= 11 is 5.67.